The van der Waals surface area contributed by atoms with Gasteiger partial charge in [-0.05, 0) is 47.2 Å². The number of rotatable bonds is 6. The van der Waals surface area contributed by atoms with Gasteiger partial charge in [0.25, 0.3) is 0 Å². The molecule has 1 atom stereocenters. The molecule has 28 heavy (non-hydrogen) atoms. The molecule has 0 saturated carbocycles. The maximum atomic E-state index is 12.8. The molecule has 3 heterocycles. The van der Waals surface area contributed by atoms with Crippen LogP contribution < -0.4 is 5.32 Å². The van der Waals surface area contributed by atoms with Crippen LogP contribution in [0, 0.1) is 13.8 Å². The van der Waals surface area contributed by atoms with Crippen LogP contribution in [0.3, 0.4) is 0 Å². The van der Waals surface area contributed by atoms with Gasteiger partial charge in [0, 0.05) is 30.6 Å². The molecular weight excluding hydrogens is 372 g/mol. The number of carbonyl (C=O) groups is 1. The predicted molar refractivity (Wildman–Crippen MR) is 113 cm³/mol. The van der Waals surface area contributed by atoms with Crippen molar-refractivity contribution in [2.45, 2.75) is 39.2 Å². The molecule has 1 amide bonds. The smallest absolute Gasteiger partial charge is 0.246 e. The number of carbonyl (C=O) groups excluding carboxylic acids is 1. The van der Waals surface area contributed by atoms with Crippen molar-refractivity contribution >= 4 is 28.2 Å². The lowest BCUT2D eigenvalue weighted by Gasteiger charge is -2.35. The maximum absolute atomic E-state index is 12.8. The minimum atomic E-state index is -0.0227. The number of aryl methyl sites for hydroxylation is 2. The number of anilines is 2. The summed E-state index contributed by atoms with van der Waals surface area (Å²) in [6, 6.07) is 1.93. The molecule has 8 heteroatoms. The highest BCUT2D eigenvalue weighted by atomic mass is 32.1. The number of likely N-dealkylation sites (N-methyl/N-ethyl adjacent to an activating group) is 1. The molecule has 2 aromatic rings. The first kappa shape index (κ1) is 20.4. The summed E-state index contributed by atoms with van der Waals surface area (Å²) in [5.74, 6) is 1.46. The maximum Gasteiger partial charge on any atom is 0.246 e. The summed E-state index contributed by atoms with van der Waals surface area (Å²) in [5, 5.41) is 6.08. The van der Waals surface area contributed by atoms with E-state index in [9.17, 15) is 4.79 Å². The fourth-order valence-electron chi connectivity index (χ4n) is 3.31. The van der Waals surface area contributed by atoms with Crippen molar-refractivity contribution in [1.29, 1.82) is 0 Å². The van der Waals surface area contributed by atoms with Gasteiger partial charge in [-0.15, -0.1) is 11.3 Å². The van der Waals surface area contributed by atoms with Crippen molar-refractivity contribution in [2.75, 3.05) is 32.5 Å². The SMILES string of the molecule is Cc1csc(Nc2cc(C3CCCCN3C(=O)/C=C/CN(C)C)nc(C)n2)n1. The van der Waals surface area contributed by atoms with Crippen LogP contribution in [0.5, 0.6) is 0 Å². The summed E-state index contributed by atoms with van der Waals surface area (Å²) in [6.45, 7) is 5.35. The number of aromatic nitrogens is 3. The zero-order valence-electron chi connectivity index (χ0n) is 17.0. The minimum absolute atomic E-state index is 0.0227. The number of piperidine rings is 1. The number of hydrogen-bond acceptors (Lipinski definition) is 7. The van der Waals surface area contributed by atoms with Crippen molar-refractivity contribution in [3.8, 4) is 0 Å². The molecule has 1 aliphatic heterocycles. The summed E-state index contributed by atoms with van der Waals surface area (Å²) in [5.41, 5.74) is 1.87. The van der Waals surface area contributed by atoms with Crippen molar-refractivity contribution in [3.05, 3.63) is 40.8 Å². The Bertz CT molecular complexity index is 847. The van der Waals surface area contributed by atoms with Crippen molar-refractivity contribution < 1.29 is 4.79 Å². The van der Waals surface area contributed by atoms with E-state index in [-0.39, 0.29) is 11.9 Å². The Hall–Kier alpha value is -2.32. The lowest BCUT2D eigenvalue weighted by atomic mass is 9.98. The number of likely N-dealkylation sites (tertiary alicyclic amines) is 1. The first-order chi connectivity index (χ1) is 13.4. The molecule has 0 aromatic carbocycles. The monoisotopic (exact) mass is 400 g/mol. The van der Waals surface area contributed by atoms with Crippen LogP contribution in [0.25, 0.3) is 0 Å². The zero-order chi connectivity index (χ0) is 20.1. The largest absolute Gasteiger partial charge is 0.331 e. The fourth-order valence-corrected chi connectivity index (χ4v) is 4.00. The van der Waals surface area contributed by atoms with Crippen LogP contribution in [-0.4, -0.2) is 57.8 Å². The van der Waals surface area contributed by atoms with Gasteiger partial charge in [0.15, 0.2) is 5.13 Å². The minimum Gasteiger partial charge on any atom is -0.331 e. The van der Waals surface area contributed by atoms with Gasteiger partial charge in [0.05, 0.1) is 17.4 Å². The highest BCUT2D eigenvalue weighted by Crippen LogP contribution is 2.31. The van der Waals surface area contributed by atoms with Crippen LogP contribution >= 0.6 is 11.3 Å². The molecule has 3 rings (SSSR count). The second-order valence-corrected chi connectivity index (χ2v) is 8.21. The third-order valence-electron chi connectivity index (χ3n) is 4.57. The second-order valence-electron chi connectivity index (χ2n) is 7.35. The summed E-state index contributed by atoms with van der Waals surface area (Å²) >= 11 is 1.55. The Morgan fingerprint density at radius 1 is 1.32 bits per heavy atom. The van der Waals surface area contributed by atoms with Crippen LogP contribution in [0.1, 0.15) is 42.5 Å². The first-order valence-corrected chi connectivity index (χ1v) is 10.5. The van der Waals surface area contributed by atoms with Gasteiger partial charge in [-0.1, -0.05) is 6.08 Å². The van der Waals surface area contributed by atoms with Crippen LogP contribution in [0.15, 0.2) is 23.6 Å². The highest BCUT2D eigenvalue weighted by Gasteiger charge is 2.28. The van der Waals surface area contributed by atoms with Gasteiger partial charge in [-0.3, -0.25) is 4.79 Å². The highest BCUT2D eigenvalue weighted by molar-refractivity contribution is 7.13. The topological polar surface area (TPSA) is 74.2 Å². The van der Waals surface area contributed by atoms with Gasteiger partial charge in [0.1, 0.15) is 11.6 Å². The Morgan fingerprint density at radius 2 is 2.14 bits per heavy atom. The van der Waals surface area contributed by atoms with Gasteiger partial charge >= 0.3 is 0 Å². The lowest BCUT2D eigenvalue weighted by Crippen LogP contribution is -2.38. The molecule has 0 radical (unpaired) electrons. The molecule has 1 unspecified atom stereocenters. The molecule has 0 bridgehead atoms. The number of hydrogen-bond donors (Lipinski definition) is 1. The number of thiazole rings is 1. The molecule has 150 valence electrons. The molecule has 7 nitrogen and oxygen atoms in total. The average Bonchev–Trinajstić information content (AvgIpc) is 3.05. The van der Waals surface area contributed by atoms with E-state index in [1.165, 1.54) is 0 Å². The third kappa shape index (κ3) is 5.36. The summed E-state index contributed by atoms with van der Waals surface area (Å²) < 4.78 is 0. The predicted octanol–water partition coefficient (Wildman–Crippen LogP) is 3.46. The molecule has 1 fully saturated rings. The molecule has 0 aliphatic carbocycles. The fraction of sp³-hybridized carbons (Fsp3) is 0.500. The zero-order valence-corrected chi connectivity index (χ0v) is 17.8. The van der Waals surface area contributed by atoms with Crippen LogP contribution in [0.2, 0.25) is 0 Å². The number of nitrogens with zero attached hydrogens (tertiary/aromatic N) is 5. The molecule has 1 saturated heterocycles. The van der Waals surface area contributed by atoms with E-state index in [1.54, 1.807) is 17.4 Å². The van der Waals surface area contributed by atoms with E-state index in [1.807, 2.05) is 55.3 Å². The Balaban J connectivity index is 1.80. The Morgan fingerprint density at radius 3 is 2.86 bits per heavy atom. The summed E-state index contributed by atoms with van der Waals surface area (Å²) in [4.78, 5) is 30.3. The lowest BCUT2D eigenvalue weighted by molar-refractivity contribution is -0.129. The Kier molecular flexibility index (Phi) is 6.74. The van der Waals surface area contributed by atoms with E-state index in [4.69, 9.17) is 0 Å². The van der Waals surface area contributed by atoms with Gasteiger partial charge < -0.3 is 15.1 Å². The molecule has 1 aliphatic rings. The summed E-state index contributed by atoms with van der Waals surface area (Å²) in [6.07, 6.45) is 6.63. The van der Waals surface area contributed by atoms with Crippen molar-refractivity contribution in [2.24, 2.45) is 0 Å². The standard InChI is InChI=1S/C20H28N6OS/c1-14-13-28-20(21-14)24-18-12-16(22-15(2)23-18)17-8-5-6-11-26(17)19(27)9-7-10-25(3)4/h7,9,12-13,17H,5-6,8,10-11H2,1-4H3,(H,21,22,23,24)/b9-7+. The van der Waals surface area contributed by atoms with Gasteiger partial charge in [-0.25, -0.2) is 15.0 Å². The van der Waals surface area contributed by atoms with Crippen molar-refractivity contribution in [3.63, 3.8) is 0 Å². The first-order valence-electron chi connectivity index (χ1n) is 9.59. The van der Waals surface area contributed by atoms with Crippen LogP contribution in [0.4, 0.5) is 10.9 Å². The van der Waals surface area contributed by atoms with E-state index in [0.717, 1.165) is 54.7 Å². The average molecular weight is 401 g/mol. The van der Waals surface area contributed by atoms with Gasteiger partial charge in [0.2, 0.25) is 5.91 Å². The van der Waals surface area contributed by atoms with Crippen LogP contribution in [-0.2, 0) is 4.79 Å². The molecule has 2 aromatic heterocycles. The van der Waals surface area contributed by atoms with E-state index in [0.29, 0.717) is 5.82 Å². The molecule has 0 spiro atoms. The Labute approximate surface area is 170 Å². The number of nitrogens with one attached hydrogen (secondary N) is 1. The van der Waals surface area contributed by atoms with Crippen molar-refractivity contribution in [1.82, 2.24) is 24.8 Å². The van der Waals surface area contributed by atoms with E-state index >= 15 is 0 Å². The van der Waals surface area contributed by atoms with Gasteiger partial charge in [-0.2, -0.15) is 0 Å². The van der Waals surface area contributed by atoms with E-state index < -0.39 is 0 Å². The molecular formula is C20H28N6OS. The molecule has 1 N–H and O–H groups in total. The normalized spacial score (nSPS) is 17.5. The quantitative estimate of drug-likeness (QED) is 0.749. The summed E-state index contributed by atoms with van der Waals surface area (Å²) in [7, 11) is 3.97. The second kappa shape index (κ2) is 9.25. The number of amides is 1. The van der Waals surface area contributed by atoms with E-state index in [2.05, 4.69) is 20.3 Å². The third-order valence-corrected chi connectivity index (χ3v) is 5.45.